The normalized spacial score (nSPS) is 16.6. The molecule has 2 aromatic heterocycles. The Balaban J connectivity index is 0.770. The Hall–Kier alpha value is -10.5. The number of carboxylic acid groups (broad SMARTS) is 1. The van der Waals surface area contributed by atoms with Crippen LogP contribution in [0.5, 0.6) is 0 Å². The summed E-state index contributed by atoms with van der Waals surface area (Å²) in [4.78, 5) is 93.6. The van der Waals surface area contributed by atoms with Crippen LogP contribution in [0.3, 0.4) is 0 Å². The molecular weight excluding hydrogens is 1300 g/mol. The smallest absolute Gasteiger partial charge is 0.326 e. The molecule has 11 rings (SSSR count). The third kappa shape index (κ3) is 16.2. The van der Waals surface area contributed by atoms with E-state index in [0.717, 1.165) is 82.2 Å². The lowest BCUT2D eigenvalue weighted by Crippen LogP contribution is -2.42. The minimum Gasteiger partial charge on any atom is -0.480 e. The molecule has 101 heavy (non-hydrogen) atoms. The maximum absolute atomic E-state index is 13.9. The Labute approximate surface area is 587 Å². The van der Waals surface area contributed by atoms with Gasteiger partial charge in [0, 0.05) is 83.7 Å². The van der Waals surface area contributed by atoms with Gasteiger partial charge in [0.2, 0.25) is 11.6 Å². The summed E-state index contributed by atoms with van der Waals surface area (Å²) in [5.74, 6) is -2.41. The number of nitrogens with one attached hydrogen (secondary N) is 5. The van der Waals surface area contributed by atoms with Crippen molar-refractivity contribution in [3.63, 3.8) is 0 Å². The van der Waals surface area contributed by atoms with E-state index in [1.165, 1.54) is 59.3 Å². The number of aliphatic carboxylic acids is 1. The molecule has 3 aliphatic rings. The molecule has 3 amide bonds. The summed E-state index contributed by atoms with van der Waals surface area (Å²) < 4.78 is 42.3. The van der Waals surface area contributed by atoms with Crippen LogP contribution in [0.4, 0.5) is 17.1 Å². The summed E-state index contributed by atoms with van der Waals surface area (Å²) in [7, 11) is -4.28. The largest absolute Gasteiger partial charge is 0.480 e. The molecule has 22 heteroatoms. The molecule has 524 valence electrons. The van der Waals surface area contributed by atoms with Gasteiger partial charge in [-0.3, -0.25) is 28.5 Å². The van der Waals surface area contributed by atoms with Crippen molar-refractivity contribution in [2.45, 2.75) is 148 Å². The number of H-pyrrole nitrogens is 1. The number of anilines is 2. The molecule has 8 aromatic rings. The van der Waals surface area contributed by atoms with E-state index in [4.69, 9.17) is 4.74 Å². The van der Waals surface area contributed by atoms with Gasteiger partial charge >= 0.3 is 5.97 Å². The van der Waals surface area contributed by atoms with Crippen molar-refractivity contribution in [1.82, 2.24) is 35.9 Å². The van der Waals surface area contributed by atoms with Crippen LogP contribution < -0.4 is 31.7 Å². The Kier molecular flexibility index (Phi) is 22.0. The Morgan fingerprint density at radius 2 is 1.46 bits per heavy atom. The standard InChI is InChI=1S/C79H86N10O11S/c1-49(2)40-43-88-63-35-28-51-15-8-10-19-60(51)70(63)78(4,5)65(88)37-30-53-17-14-18-54(31-38-66-79(6,7)71-61-20-11-9-16-52(61)29-36-64(71)89(66)44-41-50(3)101(97,98)99)69(53)55-22-24-56(25-23-55)74(92)80-42-13-12-21-68(100-48-90)87-67(91)39-34-62(77(95)96)86-75(93)57-26-32-58(33-27-57)81-45-59-46-82-73-72(85-59)76(94)84-47-83-73/h8-11,15-16,19-20,22-33,35-38,46-50,62,68H,12-14,17-18,21,34,39-45H2,1-7H3,(H6-,80,81,82,83,84,86,87,91,92,93,94,95,96,97,98,99)/p+1/t50?,62-,68+/m0/s1. The van der Waals surface area contributed by atoms with E-state index in [1.54, 1.807) is 12.1 Å². The maximum atomic E-state index is 13.9. The number of allylic oxidation sites excluding steroid dienone is 8. The third-order valence-corrected chi connectivity index (χ3v) is 20.8. The Morgan fingerprint density at radius 1 is 0.762 bits per heavy atom. The maximum Gasteiger partial charge on any atom is 0.326 e. The van der Waals surface area contributed by atoms with E-state index >= 15 is 0 Å². The molecule has 0 fully saturated rings. The van der Waals surface area contributed by atoms with Crippen LogP contribution in [0.25, 0.3) is 38.3 Å². The summed E-state index contributed by atoms with van der Waals surface area (Å²) in [6, 6.07) is 38.2. The highest BCUT2D eigenvalue weighted by Crippen LogP contribution is 2.52. The van der Waals surface area contributed by atoms with Crippen LogP contribution in [0, 0.1) is 5.92 Å². The number of benzene rings is 6. The number of aromatic amines is 1. The zero-order valence-electron chi connectivity index (χ0n) is 58.0. The van der Waals surface area contributed by atoms with Crippen LogP contribution in [0.1, 0.15) is 156 Å². The highest BCUT2D eigenvalue weighted by atomic mass is 32.2. The predicted octanol–water partition coefficient (Wildman–Crippen LogP) is 12.7. The van der Waals surface area contributed by atoms with Crippen LogP contribution in [0.2, 0.25) is 0 Å². The van der Waals surface area contributed by atoms with Gasteiger partial charge in [-0.15, -0.1) is 0 Å². The predicted molar refractivity (Wildman–Crippen MR) is 394 cm³/mol. The van der Waals surface area contributed by atoms with E-state index in [-0.39, 0.29) is 73.3 Å². The second-order valence-corrected chi connectivity index (χ2v) is 29.5. The average Bonchev–Trinajstić information content (AvgIpc) is 1.58. The van der Waals surface area contributed by atoms with Crippen molar-refractivity contribution < 1.29 is 51.4 Å². The van der Waals surface area contributed by atoms with Gasteiger partial charge in [-0.1, -0.05) is 107 Å². The van der Waals surface area contributed by atoms with Crippen LogP contribution in [-0.4, -0.2) is 116 Å². The van der Waals surface area contributed by atoms with Crippen LogP contribution in [0.15, 0.2) is 180 Å². The van der Waals surface area contributed by atoms with Gasteiger partial charge in [-0.05, 0) is 176 Å². The number of ether oxygens (including phenoxy) is 1. The molecule has 3 atom stereocenters. The number of unbranched alkanes of at least 4 members (excludes halogenated alkanes) is 1. The fourth-order valence-corrected chi connectivity index (χ4v) is 14.5. The van der Waals surface area contributed by atoms with Crippen molar-refractivity contribution in [1.29, 1.82) is 0 Å². The average molecular weight is 1380 g/mol. The highest BCUT2D eigenvalue weighted by molar-refractivity contribution is 7.86. The molecule has 1 aliphatic carbocycles. The SMILES string of the molecule is CC(C)CCN1/C(=C/C=C2\CCCC(/C=C/C3=[N+](CCC(C)S(=O)(=O)O)c4ccc5ccccc5c4C3(C)C)=C2c2ccc(C(=O)NCCCC[C@H](NC(=O)CC[C@H](NC(=O)c3ccc(NCc4cnc5nc[nH]c(=O)c5n4)cc3)C(=O)O)OC=O)cc2)C(C)(C)c2c1ccc1ccccc21. The summed E-state index contributed by atoms with van der Waals surface area (Å²) in [6.45, 7) is 17.1. The first kappa shape index (κ1) is 71.8. The molecule has 0 spiro atoms. The number of rotatable bonds is 29. The van der Waals surface area contributed by atoms with Gasteiger partial charge in [0.05, 0.1) is 35.4 Å². The number of carbonyl (C=O) groups excluding carboxylic acids is 4. The first-order valence-corrected chi connectivity index (χ1v) is 36.0. The van der Waals surface area contributed by atoms with Crippen LogP contribution in [-0.2, 0) is 46.6 Å². The van der Waals surface area contributed by atoms with Gasteiger partial charge in [0.15, 0.2) is 29.6 Å². The molecular formula is C79H87N10O11S+. The molecule has 7 N–H and O–H groups in total. The van der Waals surface area contributed by atoms with Crippen molar-refractivity contribution >= 4 is 101 Å². The number of hydrogen-bond acceptors (Lipinski definition) is 14. The number of hydrogen-bond donors (Lipinski definition) is 7. The highest BCUT2D eigenvalue weighted by Gasteiger charge is 2.46. The molecule has 6 aromatic carbocycles. The molecule has 0 saturated heterocycles. The van der Waals surface area contributed by atoms with Crippen LogP contribution >= 0.6 is 0 Å². The molecule has 4 heterocycles. The number of carboxylic acids is 1. The van der Waals surface area contributed by atoms with Crippen molar-refractivity contribution in [2.24, 2.45) is 5.92 Å². The number of carbonyl (C=O) groups is 5. The minimum atomic E-state index is -4.28. The molecule has 1 unspecified atom stereocenters. The van der Waals surface area contributed by atoms with Crippen molar-refractivity contribution in [2.75, 3.05) is 29.9 Å². The Morgan fingerprint density at radius 3 is 2.16 bits per heavy atom. The topological polar surface area (TPSA) is 295 Å². The second-order valence-electron chi connectivity index (χ2n) is 27.6. The molecule has 0 bridgehead atoms. The lowest BCUT2D eigenvalue weighted by atomic mass is 9.78. The molecule has 0 saturated carbocycles. The fraction of sp³-hybridized carbons (Fsp3) is 0.342. The summed E-state index contributed by atoms with van der Waals surface area (Å²) in [5.41, 5.74) is 12.0. The van der Waals surface area contributed by atoms with E-state index in [1.807, 2.05) is 36.4 Å². The summed E-state index contributed by atoms with van der Waals surface area (Å²) in [5, 5.41) is 24.9. The quantitative estimate of drug-likeness (QED) is 0.00754. The number of fused-ring (bicyclic) bond motifs is 7. The first-order chi connectivity index (χ1) is 48.4. The Bertz CT molecular complexity index is 4840. The number of amides is 3. The fourth-order valence-electron chi connectivity index (χ4n) is 14.1. The lowest BCUT2D eigenvalue weighted by Gasteiger charge is -2.28. The van der Waals surface area contributed by atoms with E-state index in [0.29, 0.717) is 42.2 Å². The van der Waals surface area contributed by atoms with E-state index in [2.05, 4.69) is 177 Å². The zero-order valence-corrected chi connectivity index (χ0v) is 58.8. The second kappa shape index (κ2) is 31.0. The van der Waals surface area contributed by atoms with Gasteiger partial charge in [0.1, 0.15) is 6.04 Å². The van der Waals surface area contributed by atoms with Gasteiger partial charge < -0.3 is 41.0 Å². The van der Waals surface area contributed by atoms with Crippen molar-refractivity contribution in [3.8, 4) is 0 Å². The molecule has 2 aliphatic heterocycles. The summed E-state index contributed by atoms with van der Waals surface area (Å²) >= 11 is 0. The third-order valence-electron chi connectivity index (χ3n) is 19.6. The van der Waals surface area contributed by atoms with Gasteiger partial charge in [-0.25, -0.2) is 19.7 Å². The summed E-state index contributed by atoms with van der Waals surface area (Å²) in [6.07, 6.45) is 15.0. The first-order valence-electron chi connectivity index (χ1n) is 34.5. The van der Waals surface area contributed by atoms with E-state index in [9.17, 15) is 46.8 Å². The molecule has 0 radical (unpaired) electrons. The monoisotopic (exact) mass is 1380 g/mol. The minimum absolute atomic E-state index is 0.0986. The van der Waals surface area contributed by atoms with Gasteiger partial charge in [-0.2, -0.15) is 13.0 Å². The van der Waals surface area contributed by atoms with Gasteiger partial charge in [0.25, 0.3) is 34.0 Å². The number of nitrogens with zero attached hydrogens (tertiary/aromatic N) is 5. The van der Waals surface area contributed by atoms with E-state index < -0.39 is 56.4 Å². The zero-order chi connectivity index (χ0) is 71.8. The number of aromatic nitrogens is 4. The lowest BCUT2D eigenvalue weighted by molar-refractivity contribution is -0.438. The molecule has 21 nitrogen and oxygen atoms in total. The van der Waals surface area contributed by atoms with Crippen molar-refractivity contribution in [3.05, 3.63) is 219 Å².